The second kappa shape index (κ2) is 9.16. The van der Waals surface area contributed by atoms with Gasteiger partial charge in [-0.05, 0) is 60.4 Å². The van der Waals surface area contributed by atoms with Crippen LogP contribution in [-0.4, -0.2) is 57.2 Å². The number of hydrogen-bond acceptors (Lipinski definition) is 4. The van der Waals surface area contributed by atoms with E-state index >= 15 is 0 Å². The molecule has 5 nitrogen and oxygen atoms in total. The van der Waals surface area contributed by atoms with Gasteiger partial charge in [-0.15, -0.1) is 0 Å². The first-order chi connectivity index (χ1) is 14.1. The minimum atomic E-state index is -0.0330. The number of benzene rings is 2. The molecule has 0 spiro atoms. The summed E-state index contributed by atoms with van der Waals surface area (Å²) < 4.78 is 6.07. The summed E-state index contributed by atoms with van der Waals surface area (Å²) in [7, 11) is 1.67. The molecular weight excluding hydrogens is 386 g/mol. The number of carbonyl (C=O) groups is 1. The molecule has 0 saturated carbocycles. The molecule has 4 rings (SSSR count). The van der Waals surface area contributed by atoms with Crippen LogP contribution < -0.4 is 10.2 Å². The lowest BCUT2D eigenvalue weighted by Gasteiger charge is -2.37. The van der Waals surface area contributed by atoms with Crippen LogP contribution in [0.1, 0.15) is 34.0 Å². The van der Waals surface area contributed by atoms with Crippen molar-refractivity contribution in [2.45, 2.75) is 18.9 Å². The first kappa shape index (κ1) is 20.2. The van der Waals surface area contributed by atoms with E-state index in [1.165, 1.54) is 16.8 Å². The van der Waals surface area contributed by atoms with Gasteiger partial charge in [0, 0.05) is 56.0 Å². The lowest BCUT2D eigenvalue weighted by atomic mass is 9.93. The third kappa shape index (κ3) is 4.74. The zero-order valence-corrected chi connectivity index (χ0v) is 17.6. The number of ether oxygens (including phenoxy) is 1. The average molecular weight is 414 g/mol. The fraction of sp³-hybridized carbons (Fsp3) is 0.435. The van der Waals surface area contributed by atoms with Crippen LogP contribution in [0.15, 0.2) is 42.5 Å². The third-order valence-electron chi connectivity index (χ3n) is 5.94. The summed E-state index contributed by atoms with van der Waals surface area (Å²) in [6.45, 7) is 5.91. The number of rotatable bonds is 5. The van der Waals surface area contributed by atoms with Crippen molar-refractivity contribution in [3.05, 3.63) is 64.2 Å². The van der Waals surface area contributed by atoms with E-state index < -0.39 is 0 Å². The third-order valence-corrected chi connectivity index (χ3v) is 6.19. The smallest absolute Gasteiger partial charge is 0.251 e. The van der Waals surface area contributed by atoms with Gasteiger partial charge in [0.25, 0.3) is 5.91 Å². The predicted octanol–water partition coefficient (Wildman–Crippen LogP) is 3.53. The van der Waals surface area contributed by atoms with E-state index in [1.807, 2.05) is 24.3 Å². The van der Waals surface area contributed by atoms with E-state index in [9.17, 15) is 4.79 Å². The van der Waals surface area contributed by atoms with Gasteiger partial charge in [-0.2, -0.15) is 0 Å². The number of halogens is 1. The van der Waals surface area contributed by atoms with Crippen molar-refractivity contribution in [1.29, 1.82) is 0 Å². The van der Waals surface area contributed by atoms with Gasteiger partial charge >= 0.3 is 0 Å². The predicted molar refractivity (Wildman–Crippen MR) is 117 cm³/mol. The molecule has 1 N–H and O–H groups in total. The molecule has 2 heterocycles. The zero-order chi connectivity index (χ0) is 20.2. The van der Waals surface area contributed by atoms with Crippen molar-refractivity contribution < 1.29 is 9.53 Å². The number of carbonyl (C=O) groups excluding carboxylic acids is 1. The molecule has 1 atom stereocenters. The molecule has 0 radical (unpaired) electrons. The van der Waals surface area contributed by atoms with Crippen LogP contribution in [0.2, 0.25) is 5.02 Å². The highest BCUT2D eigenvalue weighted by molar-refractivity contribution is 6.30. The Labute approximate surface area is 177 Å². The van der Waals surface area contributed by atoms with E-state index in [1.54, 1.807) is 7.05 Å². The molecule has 2 aromatic carbocycles. The summed E-state index contributed by atoms with van der Waals surface area (Å²) in [6, 6.07) is 14.1. The van der Waals surface area contributed by atoms with Gasteiger partial charge in [-0.25, -0.2) is 0 Å². The Morgan fingerprint density at radius 1 is 1.14 bits per heavy atom. The minimum Gasteiger partial charge on any atom is -0.373 e. The molecular formula is C23H28ClN3O2. The fourth-order valence-corrected chi connectivity index (χ4v) is 4.37. The fourth-order valence-electron chi connectivity index (χ4n) is 4.24. The highest BCUT2D eigenvalue weighted by Gasteiger charge is 2.24. The standard InChI is InChI=1S/C23H28ClN3O2/c1-25-23(28)18-2-7-21-17(16-18)9-15-29-22(21)8-10-26-11-13-27(14-12-26)20-5-3-19(24)4-6-20/h2-7,16,22H,8-15H2,1H3,(H,25,28). The molecule has 0 bridgehead atoms. The van der Waals surface area contributed by atoms with Crippen LogP contribution in [0.3, 0.4) is 0 Å². The Balaban J connectivity index is 1.31. The topological polar surface area (TPSA) is 44.8 Å². The first-order valence-electron chi connectivity index (χ1n) is 10.3. The van der Waals surface area contributed by atoms with Gasteiger partial charge in [-0.1, -0.05) is 17.7 Å². The van der Waals surface area contributed by atoms with Crippen LogP contribution in [0.25, 0.3) is 0 Å². The number of nitrogens with one attached hydrogen (secondary N) is 1. The summed E-state index contributed by atoms with van der Waals surface area (Å²) >= 11 is 6.00. The molecule has 154 valence electrons. The number of anilines is 1. The van der Waals surface area contributed by atoms with Gasteiger partial charge in [0.15, 0.2) is 0 Å². The highest BCUT2D eigenvalue weighted by Crippen LogP contribution is 2.31. The lowest BCUT2D eigenvalue weighted by Crippen LogP contribution is -2.46. The van der Waals surface area contributed by atoms with Crippen molar-refractivity contribution in [3.63, 3.8) is 0 Å². The number of hydrogen-bond donors (Lipinski definition) is 1. The molecule has 1 unspecified atom stereocenters. The Hall–Kier alpha value is -2.08. The second-order valence-corrected chi connectivity index (χ2v) is 8.13. The lowest BCUT2D eigenvalue weighted by molar-refractivity contribution is 0.0288. The molecule has 1 saturated heterocycles. The second-order valence-electron chi connectivity index (χ2n) is 7.70. The normalized spacial score (nSPS) is 19.7. The number of fused-ring (bicyclic) bond motifs is 1. The molecule has 2 aliphatic heterocycles. The van der Waals surface area contributed by atoms with Crippen molar-refractivity contribution in [2.75, 3.05) is 51.3 Å². The highest BCUT2D eigenvalue weighted by atomic mass is 35.5. The molecule has 29 heavy (non-hydrogen) atoms. The van der Waals surface area contributed by atoms with Gasteiger partial charge in [-0.3, -0.25) is 9.69 Å². The van der Waals surface area contributed by atoms with Crippen LogP contribution in [0.5, 0.6) is 0 Å². The summed E-state index contributed by atoms with van der Waals surface area (Å²) in [5, 5.41) is 3.48. The van der Waals surface area contributed by atoms with Crippen LogP contribution >= 0.6 is 11.6 Å². The monoisotopic (exact) mass is 413 g/mol. The molecule has 0 aliphatic carbocycles. The van der Waals surface area contributed by atoms with Crippen LogP contribution in [-0.2, 0) is 11.2 Å². The van der Waals surface area contributed by atoms with Gasteiger partial charge < -0.3 is 15.0 Å². The van der Waals surface area contributed by atoms with Crippen LogP contribution in [0, 0.1) is 0 Å². The Morgan fingerprint density at radius 3 is 2.62 bits per heavy atom. The molecule has 2 aromatic rings. The summed E-state index contributed by atoms with van der Waals surface area (Å²) in [5.74, 6) is -0.0330. The number of nitrogens with zero attached hydrogens (tertiary/aromatic N) is 2. The first-order valence-corrected chi connectivity index (χ1v) is 10.7. The minimum absolute atomic E-state index is 0.0330. The maximum Gasteiger partial charge on any atom is 0.251 e. The van der Waals surface area contributed by atoms with Crippen molar-refractivity contribution in [1.82, 2.24) is 10.2 Å². The molecule has 0 aromatic heterocycles. The van der Waals surface area contributed by atoms with E-state index in [0.717, 1.165) is 62.8 Å². The Bertz CT molecular complexity index is 848. The SMILES string of the molecule is CNC(=O)c1ccc2c(c1)CCOC2CCN1CCN(c2ccc(Cl)cc2)CC1. The van der Waals surface area contributed by atoms with E-state index in [0.29, 0.717) is 0 Å². The van der Waals surface area contributed by atoms with Crippen molar-refractivity contribution >= 4 is 23.2 Å². The maximum absolute atomic E-state index is 11.9. The van der Waals surface area contributed by atoms with E-state index in [4.69, 9.17) is 16.3 Å². The zero-order valence-electron chi connectivity index (χ0n) is 16.9. The average Bonchev–Trinajstić information content (AvgIpc) is 2.77. The van der Waals surface area contributed by atoms with Gasteiger partial charge in [0.2, 0.25) is 0 Å². The summed E-state index contributed by atoms with van der Waals surface area (Å²) in [6.07, 6.45) is 1.97. The molecule has 6 heteroatoms. The summed E-state index contributed by atoms with van der Waals surface area (Å²) in [5.41, 5.74) is 4.45. The molecule has 1 fully saturated rings. The maximum atomic E-state index is 11.9. The van der Waals surface area contributed by atoms with E-state index in [-0.39, 0.29) is 12.0 Å². The van der Waals surface area contributed by atoms with Crippen LogP contribution in [0.4, 0.5) is 5.69 Å². The Kier molecular flexibility index (Phi) is 6.38. The van der Waals surface area contributed by atoms with Gasteiger partial charge in [0.1, 0.15) is 0 Å². The Morgan fingerprint density at radius 2 is 1.90 bits per heavy atom. The summed E-state index contributed by atoms with van der Waals surface area (Å²) in [4.78, 5) is 16.8. The molecule has 1 amide bonds. The number of piperazine rings is 1. The number of amides is 1. The van der Waals surface area contributed by atoms with E-state index in [2.05, 4.69) is 33.3 Å². The van der Waals surface area contributed by atoms with Crippen molar-refractivity contribution in [2.24, 2.45) is 0 Å². The quantitative estimate of drug-likeness (QED) is 0.814. The van der Waals surface area contributed by atoms with Gasteiger partial charge in [0.05, 0.1) is 12.7 Å². The van der Waals surface area contributed by atoms with Crippen molar-refractivity contribution in [3.8, 4) is 0 Å². The molecule has 2 aliphatic rings. The largest absolute Gasteiger partial charge is 0.373 e.